The summed E-state index contributed by atoms with van der Waals surface area (Å²) in [5.41, 5.74) is 5.57. The predicted octanol–water partition coefficient (Wildman–Crippen LogP) is 5.32. The number of thioether (sulfide) groups is 1. The van der Waals surface area contributed by atoms with E-state index in [1.165, 1.54) is 6.21 Å². The number of rotatable bonds is 12. The first kappa shape index (κ1) is 27.4. The summed E-state index contributed by atoms with van der Waals surface area (Å²) in [5.74, 6) is 2.13. The molecule has 0 radical (unpaired) electrons. The molecule has 0 aromatic heterocycles. The van der Waals surface area contributed by atoms with Gasteiger partial charge in [0.05, 0.1) is 24.6 Å². The molecule has 0 saturated carbocycles. The van der Waals surface area contributed by atoms with Gasteiger partial charge in [-0.05, 0) is 59.3 Å². The van der Waals surface area contributed by atoms with E-state index in [4.69, 9.17) is 4.74 Å². The van der Waals surface area contributed by atoms with E-state index in [0.717, 1.165) is 35.7 Å². The van der Waals surface area contributed by atoms with Crippen LogP contribution in [0.4, 0.5) is 5.69 Å². The van der Waals surface area contributed by atoms with Gasteiger partial charge >= 0.3 is 0 Å². The lowest BCUT2D eigenvalue weighted by Crippen LogP contribution is -2.21. The largest absolute Gasteiger partial charge is 0.497 e. The van der Waals surface area contributed by atoms with Crippen molar-refractivity contribution in [1.82, 2.24) is 10.7 Å². The van der Waals surface area contributed by atoms with Gasteiger partial charge in [-0.15, -0.1) is 0 Å². The van der Waals surface area contributed by atoms with Crippen LogP contribution in [0.25, 0.3) is 0 Å². The quantitative estimate of drug-likeness (QED) is 0.156. The smallest absolute Gasteiger partial charge is 0.273 e. The second-order valence-electron chi connectivity index (χ2n) is 7.69. The van der Waals surface area contributed by atoms with Gasteiger partial charge in [0.1, 0.15) is 5.75 Å². The van der Waals surface area contributed by atoms with E-state index in [2.05, 4.69) is 44.0 Å². The Kier molecular flexibility index (Phi) is 11.0. The molecule has 3 aromatic rings. The minimum Gasteiger partial charge on any atom is -0.497 e. The number of halogens is 1. The average molecular weight is 570 g/mol. The molecule has 0 unspecified atom stereocenters. The summed E-state index contributed by atoms with van der Waals surface area (Å²) in [4.78, 5) is 25.7. The summed E-state index contributed by atoms with van der Waals surface area (Å²) in [5, 5.41) is 10.3. The molecule has 7 nitrogen and oxygen atoms in total. The Balaban J connectivity index is 1.62. The highest BCUT2D eigenvalue weighted by molar-refractivity contribution is 9.10. The Bertz CT molecular complexity index is 1200. The summed E-state index contributed by atoms with van der Waals surface area (Å²) in [6.07, 6.45) is 1.52. The molecule has 2 amide bonds. The molecule has 188 valence electrons. The highest BCUT2D eigenvalue weighted by Gasteiger charge is 2.15. The van der Waals surface area contributed by atoms with E-state index in [1.54, 1.807) is 43.5 Å². The van der Waals surface area contributed by atoms with Crippen molar-refractivity contribution in [2.75, 3.05) is 30.5 Å². The Hall–Kier alpha value is -3.14. The number of hydrogen-bond acceptors (Lipinski definition) is 6. The Morgan fingerprint density at radius 2 is 1.86 bits per heavy atom. The van der Waals surface area contributed by atoms with Gasteiger partial charge in [-0.1, -0.05) is 47.1 Å². The van der Waals surface area contributed by atoms with E-state index in [1.807, 2.05) is 42.1 Å². The van der Waals surface area contributed by atoms with Crippen LogP contribution in [-0.4, -0.2) is 43.2 Å². The number of anilines is 1. The molecule has 0 bridgehead atoms. The Morgan fingerprint density at radius 3 is 2.61 bits per heavy atom. The highest BCUT2D eigenvalue weighted by atomic mass is 79.9. The van der Waals surface area contributed by atoms with Gasteiger partial charge in [0, 0.05) is 28.9 Å². The molecule has 0 aliphatic rings. The standard InChI is InChI=1S/C27H29BrN4O3S/c1-3-36-14-13-29-17-19-7-9-21(10-8-19)26(33)31-25-12-11-22(28)16-24(25)27(34)32-30-18-20-5-4-6-23(15-20)35-2/h4-12,15-16,18,29H,3,13-14,17H2,1-2H3,(H,31,33)(H,32,34)/b30-18+. The normalized spacial score (nSPS) is 10.9. The predicted molar refractivity (Wildman–Crippen MR) is 151 cm³/mol. The summed E-state index contributed by atoms with van der Waals surface area (Å²) in [6.45, 7) is 3.84. The maximum atomic E-state index is 12.9. The molecule has 3 aromatic carbocycles. The molecule has 3 rings (SSSR count). The van der Waals surface area contributed by atoms with Crippen LogP contribution in [0.3, 0.4) is 0 Å². The number of carbonyl (C=O) groups excluding carboxylic acids is 2. The number of nitrogens with one attached hydrogen (secondary N) is 3. The molecule has 0 fully saturated rings. The lowest BCUT2D eigenvalue weighted by Gasteiger charge is -2.11. The zero-order valence-electron chi connectivity index (χ0n) is 20.2. The molecular formula is C27H29BrN4O3S. The minimum atomic E-state index is -0.451. The van der Waals surface area contributed by atoms with Crippen LogP contribution in [0.1, 0.15) is 38.8 Å². The lowest BCUT2D eigenvalue weighted by molar-refractivity contribution is 0.0956. The number of amides is 2. The molecule has 36 heavy (non-hydrogen) atoms. The second-order valence-corrected chi connectivity index (χ2v) is 10.00. The number of benzene rings is 3. The van der Waals surface area contributed by atoms with Gasteiger partial charge < -0.3 is 15.4 Å². The van der Waals surface area contributed by atoms with Crippen LogP contribution in [0.15, 0.2) is 76.3 Å². The van der Waals surface area contributed by atoms with Crippen molar-refractivity contribution in [3.63, 3.8) is 0 Å². The molecular weight excluding hydrogens is 540 g/mol. The average Bonchev–Trinajstić information content (AvgIpc) is 2.90. The van der Waals surface area contributed by atoms with E-state index in [-0.39, 0.29) is 11.5 Å². The van der Waals surface area contributed by atoms with Gasteiger partial charge in [0.15, 0.2) is 0 Å². The zero-order valence-corrected chi connectivity index (χ0v) is 22.6. The van der Waals surface area contributed by atoms with Crippen molar-refractivity contribution in [2.45, 2.75) is 13.5 Å². The third kappa shape index (κ3) is 8.51. The Labute approximate surface area is 224 Å². The van der Waals surface area contributed by atoms with E-state index >= 15 is 0 Å². The summed E-state index contributed by atoms with van der Waals surface area (Å²) < 4.78 is 5.90. The summed E-state index contributed by atoms with van der Waals surface area (Å²) >= 11 is 5.29. The number of carbonyl (C=O) groups is 2. The maximum absolute atomic E-state index is 12.9. The number of ether oxygens (including phenoxy) is 1. The highest BCUT2D eigenvalue weighted by Crippen LogP contribution is 2.22. The second kappa shape index (κ2) is 14.4. The van der Waals surface area contributed by atoms with E-state index in [0.29, 0.717) is 21.5 Å². The molecule has 3 N–H and O–H groups in total. The fourth-order valence-electron chi connectivity index (χ4n) is 3.25. The maximum Gasteiger partial charge on any atom is 0.273 e. The van der Waals surface area contributed by atoms with E-state index in [9.17, 15) is 9.59 Å². The third-order valence-corrected chi connectivity index (χ3v) is 6.51. The van der Waals surface area contributed by atoms with Crippen molar-refractivity contribution >= 4 is 51.4 Å². The monoisotopic (exact) mass is 568 g/mol. The van der Waals surface area contributed by atoms with Gasteiger partial charge in [-0.2, -0.15) is 16.9 Å². The van der Waals surface area contributed by atoms with Crippen LogP contribution in [0, 0.1) is 0 Å². The minimum absolute atomic E-state index is 0.284. The van der Waals surface area contributed by atoms with Gasteiger partial charge in [0.2, 0.25) is 0 Å². The summed E-state index contributed by atoms with van der Waals surface area (Å²) in [7, 11) is 1.58. The number of nitrogens with zero attached hydrogens (tertiary/aromatic N) is 1. The van der Waals surface area contributed by atoms with Crippen molar-refractivity contribution in [1.29, 1.82) is 0 Å². The van der Waals surface area contributed by atoms with E-state index < -0.39 is 5.91 Å². The number of hydrazone groups is 1. The first-order chi connectivity index (χ1) is 17.5. The number of hydrogen-bond donors (Lipinski definition) is 3. The molecule has 9 heteroatoms. The van der Waals surface area contributed by atoms with Gasteiger partial charge in [0.25, 0.3) is 11.8 Å². The SMILES string of the molecule is CCSCCNCc1ccc(C(=O)Nc2ccc(Br)cc2C(=O)N/N=C/c2cccc(OC)c2)cc1. The molecule has 0 saturated heterocycles. The zero-order chi connectivity index (χ0) is 25.8. The third-order valence-electron chi connectivity index (χ3n) is 5.12. The fourth-order valence-corrected chi connectivity index (χ4v) is 4.19. The Morgan fingerprint density at radius 1 is 1.06 bits per heavy atom. The molecule has 0 spiro atoms. The topological polar surface area (TPSA) is 91.8 Å². The van der Waals surface area contributed by atoms with Gasteiger partial charge in [-0.25, -0.2) is 5.43 Å². The van der Waals surface area contributed by atoms with Crippen LogP contribution >= 0.6 is 27.7 Å². The van der Waals surface area contributed by atoms with Crippen LogP contribution < -0.4 is 20.8 Å². The first-order valence-corrected chi connectivity index (χ1v) is 13.4. The van der Waals surface area contributed by atoms with Crippen molar-refractivity contribution in [3.8, 4) is 5.75 Å². The van der Waals surface area contributed by atoms with Crippen molar-refractivity contribution in [3.05, 3.63) is 93.5 Å². The lowest BCUT2D eigenvalue weighted by atomic mass is 10.1. The van der Waals surface area contributed by atoms with Crippen LogP contribution in [0.5, 0.6) is 5.75 Å². The molecule has 0 heterocycles. The molecule has 0 aliphatic carbocycles. The molecule has 0 aliphatic heterocycles. The van der Waals surface area contributed by atoms with Crippen LogP contribution in [-0.2, 0) is 6.54 Å². The molecule has 0 atom stereocenters. The van der Waals surface area contributed by atoms with Crippen molar-refractivity contribution < 1.29 is 14.3 Å². The van der Waals surface area contributed by atoms with Crippen molar-refractivity contribution in [2.24, 2.45) is 5.10 Å². The van der Waals surface area contributed by atoms with Crippen LogP contribution in [0.2, 0.25) is 0 Å². The first-order valence-electron chi connectivity index (χ1n) is 11.5. The van der Waals surface area contributed by atoms with Gasteiger partial charge in [-0.3, -0.25) is 9.59 Å². The number of methoxy groups -OCH3 is 1. The summed E-state index contributed by atoms with van der Waals surface area (Å²) in [6, 6.07) is 19.8. The fraction of sp³-hybridized carbons (Fsp3) is 0.222.